The fourth-order valence-corrected chi connectivity index (χ4v) is 1.73. The maximum atomic E-state index is 11.9. The van der Waals surface area contributed by atoms with Gasteiger partial charge in [-0.2, -0.15) is 10.2 Å². The van der Waals surface area contributed by atoms with Gasteiger partial charge < -0.3 is 0 Å². The van der Waals surface area contributed by atoms with Crippen LogP contribution in [0.2, 0.25) is 0 Å². The topological polar surface area (TPSA) is 52.7 Å². The van der Waals surface area contributed by atoms with Crippen LogP contribution >= 0.6 is 0 Å². The average Bonchev–Trinajstić information content (AvgIpc) is 2.92. The zero-order chi connectivity index (χ0) is 13.1. The summed E-state index contributed by atoms with van der Waals surface area (Å²) in [6, 6.07) is 3.65. The summed E-state index contributed by atoms with van der Waals surface area (Å²) in [5.74, 6) is -0.0656. The summed E-state index contributed by atoms with van der Waals surface area (Å²) in [5, 5.41) is 8.42. The third-order valence-corrected chi connectivity index (χ3v) is 2.65. The first kappa shape index (κ1) is 12.3. The molecule has 18 heavy (non-hydrogen) atoms. The van der Waals surface area contributed by atoms with E-state index in [9.17, 15) is 4.79 Å². The number of aryl methyl sites for hydroxylation is 3. The molecule has 0 bridgehead atoms. The minimum atomic E-state index is -0.0656. The molecule has 0 radical (unpaired) electrons. The van der Waals surface area contributed by atoms with Gasteiger partial charge in [-0.25, -0.2) is 0 Å². The van der Waals surface area contributed by atoms with E-state index in [0.29, 0.717) is 5.69 Å². The minimum absolute atomic E-state index is 0.0656. The number of nitrogens with zero attached hydrogens (tertiary/aromatic N) is 4. The Morgan fingerprint density at radius 3 is 2.78 bits per heavy atom. The molecule has 0 N–H and O–H groups in total. The number of carbonyl (C=O) groups excluding carboxylic acids is 1. The highest BCUT2D eigenvalue weighted by atomic mass is 16.1. The number of allylic oxidation sites excluding steroid dienone is 1. The highest BCUT2D eigenvalue weighted by Crippen LogP contribution is 2.06. The van der Waals surface area contributed by atoms with Gasteiger partial charge in [0, 0.05) is 19.8 Å². The van der Waals surface area contributed by atoms with E-state index in [2.05, 4.69) is 10.2 Å². The first-order chi connectivity index (χ1) is 8.60. The van der Waals surface area contributed by atoms with Crippen LogP contribution in [0.4, 0.5) is 0 Å². The quantitative estimate of drug-likeness (QED) is 0.609. The lowest BCUT2D eigenvalue weighted by Gasteiger charge is -1.95. The highest BCUT2D eigenvalue weighted by Gasteiger charge is 2.08. The van der Waals surface area contributed by atoms with E-state index in [4.69, 9.17) is 0 Å². The summed E-state index contributed by atoms with van der Waals surface area (Å²) < 4.78 is 3.41. The Hall–Kier alpha value is -2.17. The standard InChI is InChI=1S/C13H16N4O/c1-4-17-8-7-11(15-17)5-6-13(18)12-9-10(2)14-16(12)3/h5-9H,4H2,1-3H3/b6-5+. The third-order valence-electron chi connectivity index (χ3n) is 2.65. The predicted octanol–water partition coefficient (Wildman–Crippen LogP) is 1.84. The van der Waals surface area contributed by atoms with Crippen molar-refractivity contribution in [2.75, 3.05) is 0 Å². The van der Waals surface area contributed by atoms with E-state index in [1.807, 2.05) is 30.8 Å². The summed E-state index contributed by atoms with van der Waals surface area (Å²) in [6.07, 6.45) is 5.13. The zero-order valence-electron chi connectivity index (χ0n) is 10.8. The second kappa shape index (κ2) is 5.00. The number of ketones is 1. The molecule has 0 aliphatic rings. The molecule has 2 heterocycles. The molecule has 94 valence electrons. The van der Waals surface area contributed by atoms with Gasteiger partial charge in [0.25, 0.3) is 0 Å². The molecule has 2 rings (SSSR count). The molecule has 0 fully saturated rings. The smallest absolute Gasteiger partial charge is 0.203 e. The van der Waals surface area contributed by atoms with Crippen molar-refractivity contribution in [1.29, 1.82) is 0 Å². The van der Waals surface area contributed by atoms with Gasteiger partial charge in [-0.1, -0.05) is 0 Å². The van der Waals surface area contributed by atoms with Gasteiger partial charge in [-0.15, -0.1) is 0 Å². The van der Waals surface area contributed by atoms with E-state index in [-0.39, 0.29) is 5.78 Å². The van der Waals surface area contributed by atoms with Crippen LogP contribution in [0.25, 0.3) is 6.08 Å². The lowest BCUT2D eigenvalue weighted by atomic mass is 10.2. The molecular formula is C13H16N4O. The number of hydrogen-bond acceptors (Lipinski definition) is 3. The van der Waals surface area contributed by atoms with E-state index in [1.165, 1.54) is 6.08 Å². The summed E-state index contributed by atoms with van der Waals surface area (Å²) in [6.45, 7) is 4.70. The van der Waals surface area contributed by atoms with Gasteiger partial charge in [0.05, 0.1) is 11.4 Å². The molecule has 0 saturated carbocycles. The maximum absolute atomic E-state index is 11.9. The Bertz CT molecular complexity index is 592. The highest BCUT2D eigenvalue weighted by molar-refractivity contribution is 6.05. The molecule has 0 atom stereocenters. The van der Waals surface area contributed by atoms with Crippen LogP contribution in [-0.2, 0) is 13.6 Å². The van der Waals surface area contributed by atoms with Gasteiger partial charge in [-0.3, -0.25) is 14.2 Å². The molecule has 0 amide bonds. The molecular weight excluding hydrogens is 228 g/mol. The Kier molecular flexibility index (Phi) is 3.41. The Balaban J connectivity index is 2.14. The zero-order valence-corrected chi connectivity index (χ0v) is 10.8. The minimum Gasteiger partial charge on any atom is -0.288 e. The van der Waals surface area contributed by atoms with Crippen molar-refractivity contribution in [3.8, 4) is 0 Å². The molecule has 0 aliphatic heterocycles. The van der Waals surface area contributed by atoms with Crippen molar-refractivity contribution in [1.82, 2.24) is 19.6 Å². The molecule has 2 aromatic rings. The van der Waals surface area contributed by atoms with Crippen LogP contribution in [0.5, 0.6) is 0 Å². The van der Waals surface area contributed by atoms with Crippen LogP contribution in [0.3, 0.4) is 0 Å². The number of rotatable bonds is 4. The summed E-state index contributed by atoms with van der Waals surface area (Å²) in [4.78, 5) is 11.9. The van der Waals surface area contributed by atoms with Crippen molar-refractivity contribution in [3.05, 3.63) is 41.5 Å². The molecule has 5 nitrogen and oxygen atoms in total. The molecule has 0 unspecified atom stereocenters. The number of carbonyl (C=O) groups is 1. The maximum Gasteiger partial charge on any atom is 0.203 e. The van der Waals surface area contributed by atoms with Crippen LogP contribution in [0, 0.1) is 6.92 Å². The molecule has 0 spiro atoms. The lowest BCUT2D eigenvalue weighted by Crippen LogP contribution is -2.03. The van der Waals surface area contributed by atoms with Gasteiger partial charge in [0.15, 0.2) is 0 Å². The number of hydrogen-bond donors (Lipinski definition) is 0. The fourth-order valence-electron chi connectivity index (χ4n) is 1.73. The van der Waals surface area contributed by atoms with Crippen molar-refractivity contribution in [2.24, 2.45) is 7.05 Å². The molecule has 0 aliphatic carbocycles. The molecule has 5 heteroatoms. The average molecular weight is 244 g/mol. The van der Waals surface area contributed by atoms with E-state index in [0.717, 1.165) is 17.9 Å². The van der Waals surface area contributed by atoms with Crippen LogP contribution in [0.1, 0.15) is 28.8 Å². The van der Waals surface area contributed by atoms with Gasteiger partial charge in [0.2, 0.25) is 5.78 Å². The van der Waals surface area contributed by atoms with E-state index in [1.54, 1.807) is 23.9 Å². The fraction of sp³-hybridized carbons (Fsp3) is 0.308. The van der Waals surface area contributed by atoms with Crippen molar-refractivity contribution < 1.29 is 4.79 Å². The SMILES string of the molecule is CCn1ccc(/C=C/C(=O)c2cc(C)nn2C)n1. The normalized spacial score (nSPS) is 11.3. The summed E-state index contributed by atoms with van der Waals surface area (Å²) in [5.41, 5.74) is 2.20. The van der Waals surface area contributed by atoms with Crippen molar-refractivity contribution in [2.45, 2.75) is 20.4 Å². The molecule has 0 aromatic carbocycles. The Labute approximate surface area is 106 Å². The van der Waals surface area contributed by atoms with Crippen molar-refractivity contribution >= 4 is 11.9 Å². The van der Waals surface area contributed by atoms with Crippen LogP contribution in [-0.4, -0.2) is 25.3 Å². The van der Waals surface area contributed by atoms with E-state index < -0.39 is 0 Å². The first-order valence-electron chi connectivity index (χ1n) is 5.86. The molecule has 2 aromatic heterocycles. The summed E-state index contributed by atoms with van der Waals surface area (Å²) >= 11 is 0. The Morgan fingerprint density at radius 2 is 2.22 bits per heavy atom. The van der Waals surface area contributed by atoms with E-state index >= 15 is 0 Å². The van der Waals surface area contributed by atoms with Crippen molar-refractivity contribution in [3.63, 3.8) is 0 Å². The Morgan fingerprint density at radius 1 is 1.44 bits per heavy atom. The second-order valence-corrected chi connectivity index (χ2v) is 4.09. The first-order valence-corrected chi connectivity index (χ1v) is 5.86. The molecule has 0 saturated heterocycles. The van der Waals surface area contributed by atoms with Gasteiger partial charge in [-0.05, 0) is 38.1 Å². The summed E-state index contributed by atoms with van der Waals surface area (Å²) in [7, 11) is 1.76. The van der Waals surface area contributed by atoms with Gasteiger partial charge >= 0.3 is 0 Å². The largest absolute Gasteiger partial charge is 0.288 e. The van der Waals surface area contributed by atoms with Gasteiger partial charge in [0.1, 0.15) is 5.69 Å². The van der Waals surface area contributed by atoms with Crippen LogP contribution in [0.15, 0.2) is 24.4 Å². The van der Waals surface area contributed by atoms with Crippen LogP contribution < -0.4 is 0 Å². The third kappa shape index (κ3) is 2.56. The monoisotopic (exact) mass is 244 g/mol. The number of aromatic nitrogens is 4. The predicted molar refractivity (Wildman–Crippen MR) is 69.2 cm³/mol. The second-order valence-electron chi connectivity index (χ2n) is 4.09. The lowest BCUT2D eigenvalue weighted by molar-refractivity contribution is 0.103.